The molecule has 0 aliphatic carbocycles. The van der Waals surface area contributed by atoms with Crippen molar-refractivity contribution < 1.29 is 8.42 Å². The van der Waals surface area contributed by atoms with Crippen LogP contribution in [-0.4, -0.2) is 38.4 Å². The van der Waals surface area contributed by atoms with E-state index in [-0.39, 0.29) is 6.04 Å². The van der Waals surface area contributed by atoms with Gasteiger partial charge in [-0.3, -0.25) is 0 Å². The van der Waals surface area contributed by atoms with Gasteiger partial charge in [-0.15, -0.1) is 0 Å². The molecular formula is C10H23N3O2S. The Morgan fingerprint density at radius 3 is 2.25 bits per heavy atom. The van der Waals surface area contributed by atoms with Crippen molar-refractivity contribution in [2.24, 2.45) is 5.73 Å². The Labute approximate surface area is 98.6 Å². The molecule has 0 bridgehead atoms. The summed E-state index contributed by atoms with van der Waals surface area (Å²) < 4.78 is 28.3. The summed E-state index contributed by atoms with van der Waals surface area (Å²) >= 11 is 0. The van der Waals surface area contributed by atoms with Gasteiger partial charge in [0.25, 0.3) is 10.2 Å². The van der Waals surface area contributed by atoms with E-state index in [1.54, 1.807) is 4.31 Å². The standard InChI is InChI=1S/C10H23N3O2S/c1-2-10(9-11)12-16(14,15)13-7-5-3-4-6-8-13/h10,12H,2-9,11H2,1H3. The molecular weight excluding hydrogens is 226 g/mol. The highest BCUT2D eigenvalue weighted by Gasteiger charge is 2.24. The summed E-state index contributed by atoms with van der Waals surface area (Å²) in [6, 6.07) is -0.145. The average Bonchev–Trinajstić information content (AvgIpc) is 2.54. The van der Waals surface area contributed by atoms with Crippen LogP contribution in [-0.2, 0) is 10.2 Å². The molecule has 16 heavy (non-hydrogen) atoms. The van der Waals surface area contributed by atoms with E-state index in [9.17, 15) is 8.42 Å². The van der Waals surface area contributed by atoms with Crippen molar-refractivity contribution in [2.45, 2.75) is 45.1 Å². The number of nitrogens with one attached hydrogen (secondary N) is 1. The fourth-order valence-corrected chi connectivity index (χ4v) is 3.44. The van der Waals surface area contributed by atoms with E-state index < -0.39 is 10.2 Å². The lowest BCUT2D eigenvalue weighted by Gasteiger charge is -2.23. The van der Waals surface area contributed by atoms with Gasteiger partial charge < -0.3 is 5.73 Å². The predicted molar refractivity (Wildman–Crippen MR) is 65.2 cm³/mol. The second-order valence-corrected chi connectivity index (χ2v) is 5.98. The average molecular weight is 249 g/mol. The van der Waals surface area contributed by atoms with E-state index in [1.807, 2.05) is 6.92 Å². The molecule has 0 aromatic rings. The number of rotatable bonds is 5. The van der Waals surface area contributed by atoms with Gasteiger partial charge >= 0.3 is 0 Å². The minimum Gasteiger partial charge on any atom is -0.329 e. The molecule has 0 radical (unpaired) electrons. The molecule has 1 fully saturated rings. The molecule has 0 saturated carbocycles. The SMILES string of the molecule is CCC(CN)NS(=O)(=O)N1CCCCCC1. The maximum Gasteiger partial charge on any atom is 0.279 e. The third-order valence-electron chi connectivity index (χ3n) is 3.00. The quantitative estimate of drug-likeness (QED) is 0.742. The van der Waals surface area contributed by atoms with Crippen LogP contribution in [0.15, 0.2) is 0 Å². The molecule has 1 rings (SSSR count). The topological polar surface area (TPSA) is 75.4 Å². The Kier molecular flexibility index (Phi) is 5.68. The highest BCUT2D eigenvalue weighted by Crippen LogP contribution is 2.12. The first-order chi connectivity index (χ1) is 7.60. The van der Waals surface area contributed by atoms with Crippen molar-refractivity contribution in [1.82, 2.24) is 9.03 Å². The van der Waals surface area contributed by atoms with Crippen LogP contribution in [0.4, 0.5) is 0 Å². The molecule has 96 valence electrons. The summed E-state index contributed by atoms with van der Waals surface area (Å²) in [5, 5.41) is 0. The lowest BCUT2D eigenvalue weighted by molar-refractivity contribution is 0.406. The second kappa shape index (κ2) is 6.54. The van der Waals surface area contributed by atoms with Crippen LogP contribution >= 0.6 is 0 Å². The minimum atomic E-state index is -3.33. The molecule has 1 atom stereocenters. The largest absolute Gasteiger partial charge is 0.329 e. The normalized spacial score (nSPS) is 21.6. The molecule has 6 heteroatoms. The first-order valence-corrected chi connectivity index (χ1v) is 7.51. The molecule has 1 heterocycles. The summed E-state index contributed by atoms with van der Waals surface area (Å²) in [6.07, 6.45) is 4.89. The summed E-state index contributed by atoms with van der Waals surface area (Å²) in [5.74, 6) is 0. The molecule has 5 nitrogen and oxygen atoms in total. The van der Waals surface area contributed by atoms with Gasteiger partial charge in [-0.2, -0.15) is 17.4 Å². The molecule has 0 aromatic carbocycles. The zero-order valence-electron chi connectivity index (χ0n) is 9.98. The van der Waals surface area contributed by atoms with E-state index in [2.05, 4.69) is 4.72 Å². The molecule has 1 aliphatic rings. The van der Waals surface area contributed by atoms with Crippen molar-refractivity contribution in [1.29, 1.82) is 0 Å². The van der Waals surface area contributed by atoms with Crippen LogP contribution in [0.3, 0.4) is 0 Å². The van der Waals surface area contributed by atoms with Gasteiger partial charge in [0.15, 0.2) is 0 Å². The van der Waals surface area contributed by atoms with E-state index in [0.717, 1.165) is 32.1 Å². The summed E-state index contributed by atoms with van der Waals surface area (Å²) in [6.45, 7) is 3.55. The molecule has 1 unspecified atom stereocenters. The zero-order valence-corrected chi connectivity index (χ0v) is 10.8. The first kappa shape index (κ1) is 13.9. The smallest absolute Gasteiger partial charge is 0.279 e. The van der Waals surface area contributed by atoms with Crippen molar-refractivity contribution in [3.05, 3.63) is 0 Å². The Hall–Kier alpha value is -0.170. The third kappa shape index (κ3) is 4.01. The monoisotopic (exact) mass is 249 g/mol. The number of nitrogens with two attached hydrogens (primary N) is 1. The zero-order chi connectivity index (χ0) is 12.0. The fraction of sp³-hybridized carbons (Fsp3) is 1.00. The van der Waals surface area contributed by atoms with Gasteiger partial charge in [-0.05, 0) is 19.3 Å². The molecule has 0 spiro atoms. The second-order valence-electron chi connectivity index (χ2n) is 4.28. The molecule has 0 amide bonds. The van der Waals surface area contributed by atoms with Gasteiger partial charge in [0, 0.05) is 25.7 Å². The first-order valence-electron chi connectivity index (χ1n) is 6.07. The lowest BCUT2D eigenvalue weighted by Crippen LogP contribution is -2.47. The summed E-state index contributed by atoms with van der Waals surface area (Å²) in [4.78, 5) is 0. The van der Waals surface area contributed by atoms with Crippen LogP contribution in [0, 0.1) is 0 Å². The maximum atomic E-state index is 12.0. The van der Waals surface area contributed by atoms with Crippen molar-refractivity contribution >= 4 is 10.2 Å². The Balaban J connectivity index is 2.60. The number of hydrogen-bond acceptors (Lipinski definition) is 3. The van der Waals surface area contributed by atoms with Crippen LogP contribution in [0.25, 0.3) is 0 Å². The van der Waals surface area contributed by atoms with Gasteiger partial charge in [0.05, 0.1) is 0 Å². The van der Waals surface area contributed by atoms with E-state index in [1.165, 1.54) is 0 Å². The van der Waals surface area contributed by atoms with Crippen molar-refractivity contribution in [2.75, 3.05) is 19.6 Å². The highest BCUT2D eigenvalue weighted by atomic mass is 32.2. The predicted octanol–water partition coefficient (Wildman–Crippen LogP) is 0.434. The lowest BCUT2D eigenvalue weighted by atomic mass is 10.2. The van der Waals surface area contributed by atoms with Gasteiger partial charge in [0.2, 0.25) is 0 Å². The Bertz CT molecular complexity index is 280. The maximum absolute atomic E-state index is 12.0. The molecule has 1 aliphatic heterocycles. The van der Waals surface area contributed by atoms with Crippen LogP contribution < -0.4 is 10.5 Å². The number of hydrogen-bond donors (Lipinski definition) is 2. The summed E-state index contributed by atoms with van der Waals surface area (Å²) in [5.41, 5.74) is 5.51. The van der Waals surface area contributed by atoms with E-state index in [4.69, 9.17) is 5.73 Å². The summed E-state index contributed by atoms with van der Waals surface area (Å²) in [7, 11) is -3.33. The van der Waals surface area contributed by atoms with Crippen molar-refractivity contribution in [3.63, 3.8) is 0 Å². The molecule has 3 N–H and O–H groups in total. The van der Waals surface area contributed by atoms with Crippen LogP contribution in [0.2, 0.25) is 0 Å². The van der Waals surface area contributed by atoms with E-state index >= 15 is 0 Å². The Morgan fingerprint density at radius 1 is 1.25 bits per heavy atom. The fourth-order valence-electron chi connectivity index (χ4n) is 1.87. The number of nitrogens with zero attached hydrogens (tertiary/aromatic N) is 1. The highest BCUT2D eigenvalue weighted by molar-refractivity contribution is 7.87. The van der Waals surface area contributed by atoms with Gasteiger partial charge in [-0.25, -0.2) is 0 Å². The molecule has 0 aromatic heterocycles. The molecule has 1 saturated heterocycles. The van der Waals surface area contributed by atoms with Crippen molar-refractivity contribution in [3.8, 4) is 0 Å². The van der Waals surface area contributed by atoms with Gasteiger partial charge in [0.1, 0.15) is 0 Å². The van der Waals surface area contributed by atoms with Gasteiger partial charge in [-0.1, -0.05) is 19.8 Å². The van der Waals surface area contributed by atoms with E-state index in [0.29, 0.717) is 19.6 Å². The van der Waals surface area contributed by atoms with Crippen LogP contribution in [0.5, 0.6) is 0 Å². The minimum absolute atomic E-state index is 0.145. The Morgan fingerprint density at radius 2 is 1.81 bits per heavy atom. The van der Waals surface area contributed by atoms with Crippen LogP contribution in [0.1, 0.15) is 39.0 Å². The third-order valence-corrected chi connectivity index (χ3v) is 4.67.